The molecule has 0 spiro atoms. The minimum Gasteiger partial charge on any atom is -0.488 e. The maximum absolute atomic E-state index is 15.9. The summed E-state index contributed by atoms with van der Waals surface area (Å²) in [5.41, 5.74) is 8.02. The molecule has 1 atom stereocenters. The number of nitrogens with zero attached hydrogens (tertiary/aromatic N) is 2. The number of halogens is 2. The first kappa shape index (κ1) is 28.2. The largest absolute Gasteiger partial charge is 0.488 e. The van der Waals surface area contributed by atoms with Gasteiger partial charge in [-0.3, -0.25) is 15.2 Å². The van der Waals surface area contributed by atoms with Gasteiger partial charge in [0.15, 0.2) is 11.6 Å². The van der Waals surface area contributed by atoms with Crippen LogP contribution in [-0.4, -0.2) is 39.8 Å². The Morgan fingerprint density at radius 2 is 1.90 bits per heavy atom. The number of alkyl halides is 1. The molecule has 208 valence electrons. The number of aromatic nitrogens is 3. The number of aryl methyl sites for hydroxylation is 1. The van der Waals surface area contributed by atoms with Gasteiger partial charge in [0, 0.05) is 18.1 Å². The number of nitrogen functional groups attached to an aromatic ring is 1. The number of ether oxygens (including phenoxy) is 1. The fourth-order valence-electron chi connectivity index (χ4n) is 4.41. The van der Waals surface area contributed by atoms with Crippen molar-refractivity contribution in [2.45, 2.75) is 32.6 Å². The molecule has 0 aliphatic heterocycles. The maximum Gasteiger partial charge on any atom is 0.348 e. The fourth-order valence-corrected chi connectivity index (χ4v) is 4.41. The third-order valence-corrected chi connectivity index (χ3v) is 6.36. The molecule has 1 heterocycles. The van der Waals surface area contributed by atoms with Crippen LogP contribution in [0, 0.1) is 11.2 Å². The van der Waals surface area contributed by atoms with Gasteiger partial charge in [0.2, 0.25) is 5.91 Å². The van der Waals surface area contributed by atoms with Gasteiger partial charge in [0.05, 0.1) is 17.3 Å². The Labute approximate surface area is 229 Å². The summed E-state index contributed by atoms with van der Waals surface area (Å²) >= 11 is 0. The Hall–Kier alpha value is -4.80. The maximum atomic E-state index is 15.9. The SMILES string of the molecule is CCc1cc(OCCF)c(F)c(C(Cc2ccc(C(=N)N)cc2)c2nn(-c3ccccc3NC(C)=O)c(=O)[nH]2)c1. The zero-order valence-corrected chi connectivity index (χ0v) is 22.1. The Balaban J connectivity index is 1.86. The predicted molar refractivity (Wildman–Crippen MR) is 149 cm³/mol. The molecule has 4 rings (SSSR count). The van der Waals surface area contributed by atoms with E-state index in [-0.39, 0.29) is 41.9 Å². The molecule has 1 amide bonds. The molecule has 1 unspecified atom stereocenters. The number of rotatable bonds is 11. The molecular weight excluding hydrogens is 518 g/mol. The topological polar surface area (TPSA) is 139 Å². The van der Waals surface area contributed by atoms with Crippen LogP contribution >= 0.6 is 0 Å². The van der Waals surface area contributed by atoms with Crippen LogP contribution in [0.3, 0.4) is 0 Å². The summed E-state index contributed by atoms with van der Waals surface area (Å²) in [5.74, 6) is -1.75. The number of hydrogen-bond acceptors (Lipinski definition) is 5. The van der Waals surface area contributed by atoms with E-state index in [2.05, 4.69) is 15.4 Å². The average Bonchev–Trinajstić information content (AvgIpc) is 3.32. The van der Waals surface area contributed by atoms with Gasteiger partial charge < -0.3 is 15.8 Å². The summed E-state index contributed by atoms with van der Waals surface area (Å²) in [6.45, 7) is 2.19. The smallest absolute Gasteiger partial charge is 0.348 e. The van der Waals surface area contributed by atoms with E-state index in [1.54, 1.807) is 54.6 Å². The number of H-pyrrole nitrogens is 1. The number of amides is 1. The normalized spacial score (nSPS) is 11.7. The van der Waals surface area contributed by atoms with Gasteiger partial charge >= 0.3 is 5.69 Å². The van der Waals surface area contributed by atoms with Crippen molar-refractivity contribution in [2.75, 3.05) is 18.6 Å². The second-order valence-corrected chi connectivity index (χ2v) is 9.18. The predicted octanol–water partition coefficient (Wildman–Crippen LogP) is 4.23. The van der Waals surface area contributed by atoms with Crippen molar-refractivity contribution >= 4 is 17.4 Å². The summed E-state index contributed by atoms with van der Waals surface area (Å²) in [4.78, 5) is 27.6. The Morgan fingerprint density at radius 1 is 1.18 bits per heavy atom. The Bertz CT molecular complexity index is 1580. The molecule has 40 heavy (non-hydrogen) atoms. The van der Waals surface area contributed by atoms with Crippen molar-refractivity contribution in [3.8, 4) is 11.4 Å². The van der Waals surface area contributed by atoms with Gasteiger partial charge in [-0.05, 0) is 42.2 Å². The molecule has 1 aromatic heterocycles. The molecule has 0 radical (unpaired) electrons. The van der Waals surface area contributed by atoms with Gasteiger partial charge in [0.25, 0.3) is 0 Å². The average molecular weight is 549 g/mol. The van der Waals surface area contributed by atoms with E-state index in [9.17, 15) is 14.0 Å². The molecule has 0 saturated carbocycles. The second-order valence-electron chi connectivity index (χ2n) is 9.18. The highest BCUT2D eigenvalue weighted by Gasteiger charge is 2.27. The van der Waals surface area contributed by atoms with Crippen LogP contribution in [-0.2, 0) is 17.6 Å². The van der Waals surface area contributed by atoms with E-state index in [0.29, 0.717) is 23.4 Å². The van der Waals surface area contributed by atoms with E-state index >= 15 is 4.39 Å². The van der Waals surface area contributed by atoms with Crippen LogP contribution in [0.25, 0.3) is 5.69 Å². The number of para-hydroxylation sites is 2. The lowest BCUT2D eigenvalue weighted by Gasteiger charge is -2.19. The lowest BCUT2D eigenvalue weighted by Crippen LogP contribution is -2.18. The summed E-state index contributed by atoms with van der Waals surface area (Å²) in [7, 11) is 0. The van der Waals surface area contributed by atoms with Gasteiger partial charge in [0.1, 0.15) is 24.9 Å². The number of nitrogens with two attached hydrogens (primary N) is 1. The minimum atomic E-state index is -0.775. The van der Waals surface area contributed by atoms with Crippen LogP contribution in [0.4, 0.5) is 14.5 Å². The van der Waals surface area contributed by atoms with Gasteiger partial charge in [-0.1, -0.05) is 49.4 Å². The van der Waals surface area contributed by atoms with Crippen molar-refractivity contribution < 1.29 is 18.3 Å². The van der Waals surface area contributed by atoms with Crippen LogP contribution in [0.1, 0.15) is 47.8 Å². The highest BCUT2D eigenvalue weighted by atomic mass is 19.1. The number of carbonyl (C=O) groups is 1. The molecule has 9 nitrogen and oxygen atoms in total. The molecule has 0 aliphatic carbocycles. The number of anilines is 1. The summed E-state index contributed by atoms with van der Waals surface area (Å²) in [6, 6.07) is 16.8. The zero-order chi connectivity index (χ0) is 28.8. The number of aromatic amines is 1. The first-order valence-electron chi connectivity index (χ1n) is 12.7. The molecule has 11 heteroatoms. The quantitative estimate of drug-likeness (QED) is 0.164. The van der Waals surface area contributed by atoms with E-state index in [0.717, 1.165) is 15.8 Å². The first-order chi connectivity index (χ1) is 19.2. The van der Waals surface area contributed by atoms with Crippen molar-refractivity contribution in [2.24, 2.45) is 5.73 Å². The number of benzene rings is 3. The monoisotopic (exact) mass is 548 g/mol. The Kier molecular flexibility index (Phi) is 8.73. The lowest BCUT2D eigenvalue weighted by atomic mass is 9.89. The number of carbonyl (C=O) groups excluding carboxylic acids is 1. The van der Waals surface area contributed by atoms with Gasteiger partial charge in [-0.25, -0.2) is 13.6 Å². The van der Waals surface area contributed by atoms with Crippen molar-refractivity contribution in [3.05, 3.63) is 105 Å². The minimum absolute atomic E-state index is 0.0817. The number of hydrogen-bond donors (Lipinski definition) is 4. The molecule has 3 aromatic carbocycles. The Morgan fingerprint density at radius 3 is 2.55 bits per heavy atom. The summed E-state index contributed by atoms with van der Waals surface area (Å²) in [6.07, 6.45) is 0.791. The first-order valence-corrected chi connectivity index (χ1v) is 12.7. The third kappa shape index (κ3) is 6.25. The zero-order valence-electron chi connectivity index (χ0n) is 22.1. The molecule has 0 bridgehead atoms. The molecule has 5 N–H and O–H groups in total. The molecule has 0 fully saturated rings. The van der Waals surface area contributed by atoms with E-state index in [1.165, 1.54) is 13.0 Å². The van der Waals surface area contributed by atoms with E-state index < -0.39 is 24.1 Å². The van der Waals surface area contributed by atoms with E-state index in [4.69, 9.17) is 15.9 Å². The van der Waals surface area contributed by atoms with Crippen LogP contribution < -0.4 is 21.5 Å². The number of amidine groups is 1. The summed E-state index contributed by atoms with van der Waals surface area (Å²) in [5, 5.41) is 14.9. The fraction of sp³-hybridized carbons (Fsp3) is 0.241. The highest BCUT2D eigenvalue weighted by Crippen LogP contribution is 2.34. The van der Waals surface area contributed by atoms with Crippen LogP contribution in [0.5, 0.6) is 5.75 Å². The van der Waals surface area contributed by atoms with Gasteiger partial charge in [-0.15, -0.1) is 5.10 Å². The number of nitrogens with one attached hydrogen (secondary N) is 3. The van der Waals surface area contributed by atoms with Crippen LogP contribution in [0.2, 0.25) is 0 Å². The third-order valence-electron chi connectivity index (χ3n) is 6.36. The summed E-state index contributed by atoms with van der Waals surface area (Å²) < 4.78 is 35.2. The molecular formula is C29H30F2N6O3. The van der Waals surface area contributed by atoms with Crippen molar-refractivity contribution in [1.82, 2.24) is 14.8 Å². The van der Waals surface area contributed by atoms with Crippen LogP contribution in [0.15, 0.2) is 65.5 Å². The second kappa shape index (κ2) is 12.4. The van der Waals surface area contributed by atoms with E-state index in [1.807, 2.05) is 6.92 Å². The standard InChI is InChI=1S/C29H30F2N6O3/c1-3-18-14-21(26(31)25(16-18)40-13-12-30)22(15-19-8-10-20(11-9-19)27(32)33)28-35-29(39)37(36-28)24-7-5-4-6-23(24)34-17(2)38/h4-11,14,16,22H,3,12-13,15H2,1-2H3,(H3,32,33)(H,34,38)(H,35,36,39). The highest BCUT2D eigenvalue weighted by molar-refractivity contribution is 5.94. The van der Waals surface area contributed by atoms with Crippen molar-refractivity contribution in [3.63, 3.8) is 0 Å². The molecule has 4 aromatic rings. The molecule has 0 aliphatic rings. The van der Waals surface area contributed by atoms with Gasteiger partial charge in [-0.2, -0.15) is 4.68 Å². The lowest BCUT2D eigenvalue weighted by molar-refractivity contribution is -0.114. The molecule has 0 saturated heterocycles. The van der Waals surface area contributed by atoms with Crippen molar-refractivity contribution in [1.29, 1.82) is 5.41 Å².